The van der Waals surface area contributed by atoms with Crippen LogP contribution in [0.2, 0.25) is 0 Å². The van der Waals surface area contributed by atoms with Crippen molar-refractivity contribution in [1.29, 1.82) is 0 Å². The first kappa shape index (κ1) is 32.7. The van der Waals surface area contributed by atoms with E-state index in [0.717, 1.165) is 71.2 Å². The molecule has 0 radical (unpaired) electrons. The summed E-state index contributed by atoms with van der Waals surface area (Å²) in [5.41, 5.74) is 7.68. The maximum atomic E-state index is 6.57. The number of fused-ring (bicyclic) bond motifs is 10. The predicted molar refractivity (Wildman–Crippen MR) is 240 cm³/mol. The van der Waals surface area contributed by atoms with Crippen molar-refractivity contribution in [3.63, 3.8) is 0 Å². The van der Waals surface area contributed by atoms with E-state index >= 15 is 0 Å². The van der Waals surface area contributed by atoms with Crippen LogP contribution in [-0.2, 0) is 0 Å². The maximum Gasteiger partial charge on any atom is 0.227 e. The number of oxazole rings is 1. The molecular weight excluding hydrogens is 729 g/mol. The van der Waals surface area contributed by atoms with Crippen molar-refractivity contribution in [2.24, 2.45) is 0 Å². The van der Waals surface area contributed by atoms with Crippen molar-refractivity contribution in [3.8, 4) is 56.7 Å². The van der Waals surface area contributed by atoms with E-state index in [2.05, 4.69) is 140 Å². The van der Waals surface area contributed by atoms with Gasteiger partial charge in [-0.1, -0.05) is 146 Å². The largest absolute Gasteiger partial charge is 0.435 e. The summed E-state index contributed by atoms with van der Waals surface area (Å²) in [6, 6.07) is 63.5. The maximum absolute atomic E-state index is 6.57. The highest BCUT2D eigenvalue weighted by atomic mass is 32.1. The van der Waals surface area contributed by atoms with Crippen LogP contribution >= 0.6 is 11.3 Å². The average molecular weight is 759 g/mol. The lowest BCUT2D eigenvalue weighted by atomic mass is 9.95. The topological polar surface area (TPSA) is 64.7 Å². The molecule has 0 aliphatic carbocycles. The third kappa shape index (κ3) is 5.38. The number of nitrogens with zero attached hydrogens (tertiary/aromatic N) is 4. The lowest BCUT2D eigenvalue weighted by Crippen LogP contribution is -2.00. The molecule has 3 heterocycles. The monoisotopic (exact) mass is 758 g/mol. The molecule has 0 N–H and O–H groups in total. The molecule has 0 saturated carbocycles. The molecule has 0 bridgehead atoms. The molecule has 0 spiro atoms. The van der Waals surface area contributed by atoms with Gasteiger partial charge >= 0.3 is 0 Å². The molecule has 0 aliphatic heterocycles. The van der Waals surface area contributed by atoms with Crippen LogP contribution < -0.4 is 0 Å². The second-order valence-corrected chi connectivity index (χ2v) is 15.7. The first-order valence-corrected chi connectivity index (χ1v) is 20.1. The van der Waals surface area contributed by atoms with E-state index in [-0.39, 0.29) is 0 Å². The summed E-state index contributed by atoms with van der Waals surface area (Å²) in [5.74, 6) is 2.50. The highest BCUT2D eigenvalue weighted by Crippen LogP contribution is 2.40. The van der Waals surface area contributed by atoms with E-state index in [1.165, 1.54) is 25.7 Å². The van der Waals surface area contributed by atoms with Crippen molar-refractivity contribution < 1.29 is 4.42 Å². The highest BCUT2D eigenvalue weighted by Gasteiger charge is 2.18. The molecule has 12 aromatic rings. The molecule has 0 saturated heterocycles. The second-order valence-electron chi connectivity index (χ2n) is 14.6. The molecule has 12 rings (SSSR count). The quantitative estimate of drug-likeness (QED) is 0.164. The standard InChI is InChI=1S/C52H30N4OS/c1-3-9-31(10-4-1)32-15-20-35(21-16-32)49-54-50(56-51(55-49)39-24-27-42-41-13-7-8-14-44(41)58-45(42)30-39)38-23-26-40-37(29-38)22-19-33-17-18-34-25-28-43-48(47(34)46(33)40)57-52(53-43)36-11-5-2-6-12-36/h1-30H. The Balaban J connectivity index is 1.03. The molecule has 9 aromatic carbocycles. The van der Waals surface area contributed by atoms with E-state index in [9.17, 15) is 0 Å². The van der Waals surface area contributed by atoms with E-state index in [1.54, 1.807) is 11.3 Å². The lowest BCUT2D eigenvalue weighted by molar-refractivity contribution is 0.623. The third-order valence-electron chi connectivity index (χ3n) is 11.1. The van der Waals surface area contributed by atoms with Gasteiger partial charge < -0.3 is 4.42 Å². The number of rotatable bonds is 5. The van der Waals surface area contributed by atoms with Crippen LogP contribution in [0.1, 0.15) is 0 Å². The van der Waals surface area contributed by atoms with Crippen molar-refractivity contribution >= 4 is 74.9 Å². The van der Waals surface area contributed by atoms with Crippen LogP contribution in [0, 0.1) is 0 Å². The summed E-state index contributed by atoms with van der Waals surface area (Å²) in [5, 5.41) is 9.15. The van der Waals surface area contributed by atoms with Crippen molar-refractivity contribution in [2.75, 3.05) is 0 Å². The molecule has 0 fully saturated rings. The number of hydrogen-bond donors (Lipinski definition) is 0. The van der Waals surface area contributed by atoms with Crippen LogP contribution in [0.25, 0.3) is 120 Å². The normalized spacial score (nSPS) is 11.8. The Morgan fingerprint density at radius 2 is 0.879 bits per heavy atom. The summed E-state index contributed by atoms with van der Waals surface area (Å²) < 4.78 is 9.04. The van der Waals surface area contributed by atoms with Gasteiger partial charge in [-0.2, -0.15) is 0 Å². The summed E-state index contributed by atoms with van der Waals surface area (Å²) >= 11 is 1.79. The molecular formula is C52H30N4OS. The molecule has 3 aromatic heterocycles. The zero-order chi connectivity index (χ0) is 38.2. The average Bonchev–Trinajstić information content (AvgIpc) is 3.91. The fourth-order valence-electron chi connectivity index (χ4n) is 8.26. The van der Waals surface area contributed by atoms with Gasteiger partial charge in [0.15, 0.2) is 23.1 Å². The van der Waals surface area contributed by atoms with Gasteiger partial charge in [-0.15, -0.1) is 11.3 Å². The summed E-state index contributed by atoms with van der Waals surface area (Å²) in [6.07, 6.45) is 0. The fourth-order valence-corrected chi connectivity index (χ4v) is 9.41. The van der Waals surface area contributed by atoms with Gasteiger partial charge in [0.05, 0.1) is 0 Å². The Labute approximate surface area is 336 Å². The molecule has 0 unspecified atom stereocenters. The van der Waals surface area contributed by atoms with Crippen molar-refractivity contribution in [1.82, 2.24) is 19.9 Å². The van der Waals surface area contributed by atoms with Crippen LogP contribution in [0.5, 0.6) is 0 Å². The molecule has 0 atom stereocenters. The zero-order valence-corrected chi connectivity index (χ0v) is 31.7. The Morgan fingerprint density at radius 1 is 0.345 bits per heavy atom. The Hall–Kier alpha value is -7.54. The van der Waals surface area contributed by atoms with E-state index in [0.29, 0.717) is 23.4 Å². The molecule has 270 valence electrons. The minimum atomic E-state index is 0.616. The number of hydrogen-bond acceptors (Lipinski definition) is 6. The Bertz CT molecular complexity index is 3560. The highest BCUT2D eigenvalue weighted by molar-refractivity contribution is 7.25. The van der Waals surface area contributed by atoms with Gasteiger partial charge in [-0.25, -0.2) is 19.9 Å². The van der Waals surface area contributed by atoms with Crippen LogP contribution in [0.3, 0.4) is 0 Å². The number of benzene rings is 9. The second kappa shape index (κ2) is 13.0. The van der Waals surface area contributed by atoms with Crippen LogP contribution in [0.15, 0.2) is 186 Å². The molecule has 58 heavy (non-hydrogen) atoms. The minimum absolute atomic E-state index is 0.616. The number of thiophene rings is 1. The van der Waals surface area contributed by atoms with Crippen LogP contribution in [0.4, 0.5) is 0 Å². The first-order valence-electron chi connectivity index (χ1n) is 19.3. The molecule has 0 amide bonds. The number of aromatic nitrogens is 4. The van der Waals surface area contributed by atoms with Gasteiger partial charge in [0.2, 0.25) is 5.89 Å². The van der Waals surface area contributed by atoms with Gasteiger partial charge in [0.1, 0.15) is 5.52 Å². The summed E-state index contributed by atoms with van der Waals surface area (Å²) in [4.78, 5) is 20.3. The smallest absolute Gasteiger partial charge is 0.227 e. The molecule has 0 aliphatic rings. The Kier molecular flexibility index (Phi) is 7.33. The predicted octanol–water partition coefficient (Wildman–Crippen LogP) is 14.2. The first-order chi connectivity index (χ1) is 28.7. The van der Waals surface area contributed by atoms with Gasteiger partial charge in [-0.3, -0.25) is 0 Å². The van der Waals surface area contributed by atoms with Crippen molar-refractivity contribution in [2.45, 2.75) is 0 Å². The lowest BCUT2D eigenvalue weighted by Gasteiger charge is -2.11. The van der Waals surface area contributed by atoms with E-state index < -0.39 is 0 Å². The molecule has 6 heteroatoms. The van der Waals surface area contributed by atoms with Gasteiger partial charge in [0, 0.05) is 53.2 Å². The van der Waals surface area contributed by atoms with Gasteiger partial charge in [-0.05, 0) is 69.1 Å². The summed E-state index contributed by atoms with van der Waals surface area (Å²) in [7, 11) is 0. The SMILES string of the molecule is c1ccc(-c2ccc(-c3nc(-c4ccc5c(ccc6ccc7ccc8nc(-c9ccccc9)oc8c7c65)c4)nc(-c4ccc5c(c4)sc4ccccc45)n3)cc2)cc1. The van der Waals surface area contributed by atoms with Crippen LogP contribution in [-0.4, -0.2) is 19.9 Å². The Morgan fingerprint density at radius 3 is 1.64 bits per heavy atom. The zero-order valence-electron chi connectivity index (χ0n) is 30.9. The van der Waals surface area contributed by atoms with E-state index in [1.807, 2.05) is 42.5 Å². The third-order valence-corrected chi connectivity index (χ3v) is 12.3. The fraction of sp³-hybridized carbons (Fsp3) is 0. The van der Waals surface area contributed by atoms with E-state index in [4.69, 9.17) is 24.4 Å². The van der Waals surface area contributed by atoms with Gasteiger partial charge in [0.25, 0.3) is 0 Å². The van der Waals surface area contributed by atoms with Crippen molar-refractivity contribution in [3.05, 3.63) is 182 Å². The minimum Gasteiger partial charge on any atom is -0.435 e. The molecule has 5 nitrogen and oxygen atoms in total. The summed E-state index contributed by atoms with van der Waals surface area (Å²) in [6.45, 7) is 0.